The Hall–Kier alpha value is -1.92. The molecule has 0 atom stereocenters. The van der Waals surface area contributed by atoms with Crippen LogP contribution in [0.25, 0.3) is 0 Å². The molecule has 1 rings (SSSR count). The molecule has 1 aromatic heterocycles. The standard InChI is InChI=1S/C10H16N4O3/c1-3-4-5-7-9(10(16)17)12-13-14(7)6-8(15)11-2/h3-6H2,1-2H3,(H,11,15)(H,16,17). The number of rotatable bonds is 6. The molecule has 0 saturated heterocycles. The Bertz CT molecular complexity index is 414. The predicted octanol–water partition coefficient (Wildman–Crippen LogP) is 0.0649. The van der Waals surface area contributed by atoms with E-state index < -0.39 is 5.97 Å². The summed E-state index contributed by atoms with van der Waals surface area (Å²) in [6, 6.07) is 0. The van der Waals surface area contributed by atoms with Gasteiger partial charge in [-0.05, 0) is 12.8 Å². The summed E-state index contributed by atoms with van der Waals surface area (Å²) in [5.74, 6) is -1.34. The zero-order valence-corrected chi connectivity index (χ0v) is 9.93. The first-order valence-electron chi connectivity index (χ1n) is 5.46. The summed E-state index contributed by atoms with van der Waals surface area (Å²) in [7, 11) is 1.52. The molecule has 0 bridgehead atoms. The lowest BCUT2D eigenvalue weighted by Gasteiger charge is -2.05. The van der Waals surface area contributed by atoms with Gasteiger partial charge < -0.3 is 10.4 Å². The van der Waals surface area contributed by atoms with Crippen LogP contribution < -0.4 is 5.32 Å². The summed E-state index contributed by atoms with van der Waals surface area (Å²) < 4.78 is 1.35. The summed E-state index contributed by atoms with van der Waals surface area (Å²) >= 11 is 0. The third kappa shape index (κ3) is 3.27. The second kappa shape index (κ2) is 5.97. The molecule has 1 amide bonds. The van der Waals surface area contributed by atoms with E-state index in [0.29, 0.717) is 12.1 Å². The van der Waals surface area contributed by atoms with Crippen molar-refractivity contribution in [2.75, 3.05) is 7.05 Å². The molecular weight excluding hydrogens is 224 g/mol. The van der Waals surface area contributed by atoms with E-state index in [-0.39, 0.29) is 18.1 Å². The molecule has 0 fully saturated rings. The first kappa shape index (κ1) is 13.1. The van der Waals surface area contributed by atoms with Crippen molar-refractivity contribution in [3.05, 3.63) is 11.4 Å². The molecular formula is C10H16N4O3. The number of nitrogens with zero attached hydrogens (tertiary/aromatic N) is 3. The highest BCUT2D eigenvalue weighted by Gasteiger charge is 2.19. The van der Waals surface area contributed by atoms with Crippen molar-refractivity contribution in [3.8, 4) is 0 Å². The van der Waals surface area contributed by atoms with Crippen LogP contribution >= 0.6 is 0 Å². The number of nitrogens with one attached hydrogen (secondary N) is 1. The van der Waals surface area contributed by atoms with Crippen LogP contribution in [0.15, 0.2) is 0 Å². The molecule has 0 unspecified atom stereocenters. The van der Waals surface area contributed by atoms with Gasteiger partial charge in [-0.2, -0.15) is 0 Å². The predicted molar refractivity (Wildman–Crippen MR) is 59.7 cm³/mol. The third-order valence-electron chi connectivity index (χ3n) is 2.38. The fourth-order valence-electron chi connectivity index (χ4n) is 1.43. The molecule has 0 aromatic carbocycles. The molecule has 94 valence electrons. The van der Waals surface area contributed by atoms with Crippen LogP contribution in [-0.2, 0) is 17.8 Å². The number of carbonyl (C=O) groups excluding carboxylic acids is 1. The SMILES string of the molecule is CCCCc1c(C(=O)O)nnn1CC(=O)NC. The minimum absolute atomic E-state index is 0.00414. The highest BCUT2D eigenvalue weighted by molar-refractivity contribution is 5.86. The van der Waals surface area contributed by atoms with Crippen molar-refractivity contribution in [2.24, 2.45) is 0 Å². The van der Waals surface area contributed by atoms with Gasteiger partial charge in [0.1, 0.15) is 6.54 Å². The fraction of sp³-hybridized carbons (Fsp3) is 0.600. The first-order valence-corrected chi connectivity index (χ1v) is 5.46. The summed E-state index contributed by atoms with van der Waals surface area (Å²) in [6.45, 7) is 2.00. The van der Waals surface area contributed by atoms with Crippen molar-refractivity contribution >= 4 is 11.9 Å². The molecule has 0 aliphatic rings. The van der Waals surface area contributed by atoms with Crippen LogP contribution in [0.5, 0.6) is 0 Å². The van der Waals surface area contributed by atoms with Gasteiger partial charge in [-0.25, -0.2) is 9.48 Å². The monoisotopic (exact) mass is 240 g/mol. The molecule has 0 aliphatic carbocycles. The highest BCUT2D eigenvalue weighted by Crippen LogP contribution is 2.09. The van der Waals surface area contributed by atoms with Gasteiger partial charge in [0.15, 0.2) is 5.69 Å². The quantitative estimate of drug-likeness (QED) is 0.733. The van der Waals surface area contributed by atoms with Gasteiger partial charge in [0.2, 0.25) is 5.91 Å². The Morgan fingerprint density at radius 3 is 2.71 bits per heavy atom. The molecule has 0 saturated carbocycles. The number of carboxylic acids is 1. The fourth-order valence-corrected chi connectivity index (χ4v) is 1.43. The lowest BCUT2D eigenvalue weighted by Crippen LogP contribution is -2.25. The molecule has 17 heavy (non-hydrogen) atoms. The van der Waals surface area contributed by atoms with Crippen molar-refractivity contribution in [1.29, 1.82) is 0 Å². The molecule has 0 spiro atoms. The molecule has 0 aliphatic heterocycles. The lowest BCUT2D eigenvalue weighted by atomic mass is 10.1. The van der Waals surface area contributed by atoms with E-state index in [4.69, 9.17) is 5.11 Å². The number of hydrogen-bond donors (Lipinski definition) is 2. The second-order valence-corrected chi connectivity index (χ2v) is 3.62. The van der Waals surface area contributed by atoms with Crippen LogP contribution in [0.1, 0.15) is 35.9 Å². The van der Waals surface area contributed by atoms with E-state index >= 15 is 0 Å². The highest BCUT2D eigenvalue weighted by atomic mass is 16.4. The number of carboxylic acid groups (broad SMARTS) is 1. The smallest absolute Gasteiger partial charge is 0.358 e. The van der Waals surface area contributed by atoms with Gasteiger partial charge in [-0.15, -0.1) is 5.10 Å². The molecule has 0 radical (unpaired) electrons. The average molecular weight is 240 g/mol. The van der Waals surface area contributed by atoms with E-state index in [2.05, 4.69) is 15.6 Å². The van der Waals surface area contributed by atoms with Crippen LogP contribution in [-0.4, -0.2) is 39.0 Å². The zero-order chi connectivity index (χ0) is 12.8. The summed E-state index contributed by atoms with van der Waals surface area (Å²) in [5, 5.41) is 18.7. The molecule has 1 heterocycles. The number of aromatic nitrogens is 3. The van der Waals surface area contributed by atoms with Gasteiger partial charge in [0.25, 0.3) is 0 Å². The first-order chi connectivity index (χ1) is 8.10. The summed E-state index contributed by atoms with van der Waals surface area (Å²) in [6.07, 6.45) is 2.33. The van der Waals surface area contributed by atoms with E-state index in [1.165, 1.54) is 11.7 Å². The van der Waals surface area contributed by atoms with Crippen molar-refractivity contribution < 1.29 is 14.7 Å². The van der Waals surface area contributed by atoms with Crippen LogP contribution in [0.4, 0.5) is 0 Å². The molecule has 7 heteroatoms. The largest absolute Gasteiger partial charge is 0.476 e. The van der Waals surface area contributed by atoms with Crippen LogP contribution in [0.2, 0.25) is 0 Å². The van der Waals surface area contributed by atoms with E-state index in [9.17, 15) is 9.59 Å². The Kier molecular flexibility index (Phi) is 4.62. The molecule has 2 N–H and O–H groups in total. The number of likely N-dealkylation sites (N-methyl/N-ethyl adjacent to an activating group) is 1. The van der Waals surface area contributed by atoms with Gasteiger partial charge in [-0.1, -0.05) is 18.6 Å². The number of amides is 1. The minimum Gasteiger partial charge on any atom is -0.476 e. The topological polar surface area (TPSA) is 97.1 Å². The van der Waals surface area contributed by atoms with Gasteiger partial charge >= 0.3 is 5.97 Å². The Morgan fingerprint density at radius 1 is 1.47 bits per heavy atom. The number of carbonyl (C=O) groups is 2. The molecule has 7 nitrogen and oxygen atoms in total. The van der Waals surface area contributed by atoms with Crippen LogP contribution in [0.3, 0.4) is 0 Å². The Labute approximate surface area is 98.8 Å². The Balaban J connectivity index is 2.95. The van der Waals surface area contributed by atoms with Crippen LogP contribution in [0, 0.1) is 0 Å². The average Bonchev–Trinajstić information content (AvgIpc) is 2.69. The van der Waals surface area contributed by atoms with E-state index in [1.54, 1.807) is 0 Å². The maximum Gasteiger partial charge on any atom is 0.358 e. The number of unbranched alkanes of at least 4 members (excludes halogenated alkanes) is 1. The second-order valence-electron chi connectivity index (χ2n) is 3.62. The molecule has 1 aromatic rings. The normalized spacial score (nSPS) is 10.2. The maximum atomic E-state index is 11.2. The van der Waals surface area contributed by atoms with Gasteiger partial charge in [0, 0.05) is 7.05 Å². The van der Waals surface area contributed by atoms with Crippen molar-refractivity contribution in [2.45, 2.75) is 32.7 Å². The number of hydrogen-bond acceptors (Lipinski definition) is 4. The maximum absolute atomic E-state index is 11.2. The zero-order valence-electron chi connectivity index (χ0n) is 9.93. The van der Waals surface area contributed by atoms with E-state index in [0.717, 1.165) is 12.8 Å². The minimum atomic E-state index is -1.11. The van der Waals surface area contributed by atoms with Crippen molar-refractivity contribution in [3.63, 3.8) is 0 Å². The van der Waals surface area contributed by atoms with Crippen molar-refractivity contribution in [1.82, 2.24) is 20.3 Å². The van der Waals surface area contributed by atoms with Gasteiger partial charge in [-0.3, -0.25) is 4.79 Å². The summed E-state index contributed by atoms with van der Waals surface area (Å²) in [5.41, 5.74) is 0.435. The van der Waals surface area contributed by atoms with E-state index in [1.807, 2.05) is 6.92 Å². The van der Waals surface area contributed by atoms with Gasteiger partial charge in [0.05, 0.1) is 5.69 Å². The lowest BCUT2D eigenvalue weighted by molar-refractivity contribution is -0.121. The Morgan fingerprint density at radius 2 is 2.18 bits per heavy atom. The third-order valence-corrected chi connectivity index (χ3v) is 2.38. The number of aromatic carboxylic acids is 1. The summed E-state index contributed by atoms with van der Waals surface area (Å²) in [4.78, 5) is 22.2.